The summed E-state index contributed by atoms with van der Waals surface area (Å²) in [4.78, 5) is 3.01. The zero-order valence-corrected chi connectivity index (χ0v) is 30.3. The highest BCUT2D eigenvalue weighted by Gasteiger charge is 2.04. The minimum absolute atomic E-state index is 1.04. The molecule has 0 unspecified atom stereocenters. The molecule has 0 saturated carbocycles. The normalized spacial score (nSPS) is 11.5. The summed E-state index contributed by atoms with van der Waals surface area (Å²) in [6.45, 7) is 8.69. The van der Waals surface area contributed by atoms with E-state index < -0.39 is 0 Å². The molecule has 0 aromatic heterocycles. The summed E-state index contributed by atoms with van der Waals surface area (Å²) in [6, 6.07) is 7.42. The van der Waals surface area contributed by atoms with Crippen LogP contribution in [0.2, 0.25) is 0 Å². The van der Waals surface area contributed by atoms with Crippen LogP contribution >= 0.6 is 23.5 Å². The molecule has 0 atom stereocenters. The lowest BCUT2D eigenvalue weighted by molar-refractivity contribution is 0.543. The first-order valence-electron chi connectivity index (χ1n) is 19.0. The smallest absolute Gasteiger partial charge is 0.00858 e. The quantitative estimate of drug-likeness (QED) is 0.0568. The van der Waals surface area contributed by atoms with Crippen LogP contribution in [0.5, 0.6) is 0 Å². The number of hydrogen-bond acceptors (Lipinski definition) is 2. The summed E-state index contributed by atoms with van der Waals surface area (Å²) in [7, 11) is 0. The Morgan fingerprint density at radius 3 is 1.02 bits per heavy atom. The van der Waals surface area contributed by atoms with Gasteiger partial charge in [0.05, 0.1) is 0 Å². The van der Waals surface area contributed by atoms with Gasteiger partial charge in [0.1, 0.15) is 0 Å². The Hall–Kier alpha value is -0.0800. The average molecular weight is 618 g/mol. The molecule has 1 aromatic carbocycles. The molecule has 0 amide bonds. The zero-order valence-electron chi connectivity index (χ0n) is 28.7. The summed E-state index contributed by atoms with van der Waals surface area (Å²) in [6.07, 6.45) is 40.8. The van der Waals surface area contributed by atoms with Crippen LogP contribution in [0.25, 0.3) is 0 Å². The second-order valence-electron chi connectivity index (χ2n) is 13.0. The maximum Gasteiger partial charge on any atom is 0.00858 e. The number of rotatable bonds is 33. The first kappa shape index (κ1) is 39.9. The van der Waals surface area contributed by atoms with Gasteiger partial charge < -0.3 is 0 Å². The molecule has 0 saturated heterocycles. The lowest BCUT2D eigenvalue weighted by Crippen LogP contribution is -1.90. The molecule has 0 heterocycles. The standard InChI is InChI=1S/C40H73S2/c1-4-7-10-12-14-16-18-20-22-24-26-28-30-33-41-39-35-38(32-9-6-3)36-40(37-39)42-34-31-29-27-25-23-21-19-17-15-13-11-8-5-2/h35-37H,3-34H2,1-2H3. The van der Waals surface area contributed by atoms with Crippen LogP contribution in [0.15, 0.2) is 28.0 Å². The summed E-state index contributed by atoms with van der Waals surface area (Å²) >= 11 is 4.20. The molecular formula is C40H73S2. The van der Waals surface area contributed by atoms with Crippen molar-refractivity contribution in [3.05, 3.63) is 30.7 Å². The van der Waals surface area contributed by atoms with Crippen LogP contribution in [0.3, 0.4) is 0 Å². The van der Waals surface area contributed by atoms with Gasteiger partial charge in [0.25, 0.3) is 0 Å². The van der Waals surface area contributed by atoms with Crippen molar-refractivity contribution in [3.63, 3.8) is 0 Å². The third-order valence-electron chi connectivity index (χ3n) is 8.69. The predicted molar refractivity (Wildman–Crippen MR) is 198 cm³/mol. The molecule has 0 bridgehead atoms. The van der Waals surface area contributed by atoms with Gasteiger partial charge in [-0.15, -0.1) is 23.5 Å². The van der Waals surface area contributed by atoms with E-state index in [0.29, 0.717) is 0 Å². The zero-order chi connectivity index (χ0) is 30.2. The molecule has 0 aliphatic heterocycles. The van der Waals surface area contributed by atoms with Crippen molar-refractivity contribution >= 4 is 23.5 Å². The molecule has 0 aliphatic rings. The molecule has 0 aliphatic carbocycles. The van der Waals surface area contributed by atoms with Crippen LogP contribution in [0, 0.1) is 6.92 Å². The van der Waals surface area contributed by atoms with Crippen molar-refractivity contribution in [2.24, 2.45) is 0 Å². The van der Waals surface area contributed by atoms with Crippen LogP contribution in [0.4, 0.5) is 0 Å². The van der Waals surface area contributed by atoms with E-state index in [1.54, 1.807) is 0 Å². The average Bonchev–Trinajstić information content (AvgIpc) is 3.00. The third-order valence-corrected chi connectivity index (χ3v) is 10.8. The van der Waals surface area contributed by atoms with Gasteiger partial charge in [-0.2, -0.15) is 0 Å². The molecule has 1 radical (unpaired) electrons. The molecule has 0 spiro atoms. The second kappa shape index (κ2) is 32.3. The lowest BCUT2D eigenvalue weighted by atomic mass is 10.1. The van der Waals surface area contributed by atoms with Crippen molar-refractivity contribution in [2.45, 2.75) is 210 Å². The Balaban J connectivity index is 2.11. The van der Waals surface area contributed by atoms with E-state index in [1.807, 2.05) is 0 Å². The van der Waals surface area contributed by atoms with E-state index in [1.165, 1.54) is 207 Å². The Morgan fingerprint density at radius 1 is 0.405 bits per heavy atom. The monoisotopic (exact) mass is 618 g/mol. The van der Waals surface area contributed by atoms with E-state index in [0.717, 1.165) is 6.42 Å². The summed E-state index contributed by atoms with van der Waals surface area (Å²) < 4.78 is 0. The molecule has 0 nitrogen and oxygen atoms in total. The van der Waals surface area contributed by atoms with Crippen LogP contribution < -0.4 is 0 Å². The molecule has 1 rings (SSSR count). The van der Waals surface area contributed by atoms with E-state index in [4.69, 9.17) is 0 Å². The number of unbranched alkanes of at least 4 members (excludes halogenated alkanes) is 25. The Morgan fingerprint density at radius 2 is 0.714 bits per heavy atom. The largest absolute Gasteiger partial charge is 0.126 e. The maximum atomic E-state index is 4.07. The fourth-order valence-electron chi connectivity index (χ4n) is 5.89. The molecule has 42 heavy (non-hydrogen) atoms. The lowest BCUT2D eigenvalue weighted by Gasteiger charge is -2.10. The second-order valence-corrected chi connectivity index (χ2v) is 15.3. The van der Waals surface area contributed by atoms with Gasteiger partial charge in [-0.05, 0) is 61.0 Å². The van der Waals surface area contributed by atoms with Crippen molar-refractivity contribution in [1.29, 1.82) is 0 Å². The van der Waals surface area contributed by atoms with Gasteiger partial charge >= 0.3 is 0 Å². The highest BCUT2D eigenvalue weighted by Crippen LogP contribution is 2.30. The van der Waals surface area contributed by atoms with Gasteiger partial charge in [0, 0.05) is 9.79 Å². The predicted octanol–water partition coefficient (Wildman–Crippen LogP) is 15.2. The third kappa shape index (κ3) is 26.3. The first-order chi connectivity index (χ1) is 20.8. The molecule has 0 N–H and O–H groups in total. The Bertz CT molecular complexity index is 619. The van der Waals surface area contributed by atoms with Crippen LogP contribution in [-0.4, -0.2) is 11.5 Å². The Labute approximate surface area is 274 Å². The van der Waals surface area contributed by atoms with E-state index in [2.05, 4.69) is 62.5 Å². The number of aryl methyl sites for hydroxylation is 1. The first-order valence-corrected chi connectivity index (χ1v) is 21.0. The van der Waals surface area contributed by atoms with Gasteiger partial charge in [0.2, 0.25) is 0 Å². The van der Waals surface area contributed by atoms with Gasteiger partial charge in [-0.25, -0.2) is 0 Å². The fraction of sp³-hybridized carbons (Fsp3) is 0.825. The number of thioether (sulfide) groups is 2. The van der Waals surface area contributed by atoms with E-state index >= 15 is 0 Å². The highest BCUT2D eigenvalue weighted by molar-refractivity contribution is 8.00. The number of hydrogen-bond donors (Lipinski definition) is 0. The summed E-state index contributed by atoms with van der Waals surface area (Å²) in [5, 5.41) is 0. The van der Waals surface area contributed by atoms with E-state index in [9.17, 15) is 0 Å². The molecule has 1 aromatic rings. The van der Waals surface area contributed by atoms with Crippen molar-refractivity contribution in [3.8, 4) is 0 Å². The summed E-state index contributed by atoms with van der Waals surface area (Å²) in [5.41, 5.74) is 1.53. The molecule has 245 valence electrons. The maximum absolute atomic E-state index is 4.07. The van der Waals surface area contributed by atoms with Gasteiger partial charge in [0.15, 0.2) is 0 Å². The highest BCUT2D eigenvalue weighted by atomic mass is 32.2. The van der Waals surface area contributed by atoms with Crippen LogP contribution in [-0.2, 0) is 6.42 Å². The van der Waals surface area contributed by atoms with Gasteiger partial charge in [-0.3, -0.25) is 0 Å². The van der Waals surface area contributed by atoms with Crippen molar-refractivity contribution in [2.75, 3.05) is 11.5 Å². The minimum Gasteiger partial charge on any atom is -0.126 e. The SMILES string of the molecule is [CH2]CCCc1cc(SCCCCCCCCCCCCCCC)cc(SCCCCCCCCCCCCCCC)c1. The molecular weight excluding hydrogens is 545 g/mol. The molecule has 2 heteroatoms. The fourth-order valence-corrected chi connectivity index (χ4v) is 8.02. The van der Waals surface area contributed by atoms with E-state index in [-0.39, 0.29) is 0 Å². The minimum atomic E-state index is 1.04. The van der Waals surface area contributed by atoms with Gasteiger partial charge in [-0.1, -0.05) is 181 Å². The van der Waals surface area contributed by atoms with Crippen molar-refractivity contribution in [1.82, 2.24) is 0 Å². The topological polar surface area (TPSA) is 0 Å². The van der Waals surface area contributed by atoms with Crippen LogP contribution in [0.1, 0.15) is 199 Å². The van der Waals surface area contributed by atoms with Crippen molar-refractivity contribution < 1.29 is 0 Å². The summed E-state index contributed by atoms with van der Waals surface area (Å²) in [5.74, 6) is 2.55. The number of benzene rings is 1. The molecule has 0 fully saturated rings. The Kier molecular flexibility index (Phi) is 30.7.